The molecule has 1 fully saturated rings. The first-order chi connectivity index (χ1) is 8.89. The van der Waals surface area contributed by atoms with Crippen LogP contribution in [0.5, 0.6) is 0 Å². The number of ketones is 1. The van der Waals surface area contributed by atoms with E-state index in [0.29, 0.717) is 18.8 Å². The zero-order chi connectivity index (χ0) is 14.0. The van der Waals surface area contributed by atoms with Crippen molar-refractivity contribution in [2.45, 2.75) is 38.8 Å². The monoisotopic (exact) mass is 270 g/mol. The van der Waals surface area contributed by atoms with Crippen LogP contribution in [-0.2, 0) is 6.18 Å². The Hall–Kier alpha value is -1.32. The number of rotatable bonds is 2. The Morgan fingerprint density at radius 2 is 1.89 bits per heavy atom. The minimum absolute atomic E-state index is 0.172. The molecule has 1 nitrogen and oxygen atoms in total. The summed E-state index contributed by atoms with van der Waals surface area (Å²) >= 11 is 0. The van der Waals surface area contributed by atoms with Crippen LogP contribution in [0.25, 0.3) is 0 Å². The number of carbonyl (C=O) groups excluding carboxylic acids is 1. The summed E-state index contributed by atoms with van der Waals surface area (Å²) in [5, 5.41) is 0. The van der Waals surface area contributed by atoms with Gasteiger partial charge >= 0.3 is 6.18 Å². The van der Waals surface area contributed by atoms with Gasteiger partial charge in [-0.15, -0.1) is 0 Å². The molecule has 4 heteroatoms. The van der Waals surface area contributed by atoms with Gasteiger partial charge in [0.05, 0.1) is 5.56 Å². The van der Waals surface area contributed by atoms with Crippen molar-refractivity contribution in [1.82, 2.24) is 0 Å². The van der Waals surface area contributed by atoms with Crippen LogP contribution in [0, 0.1) is 11.8 Å². The molecule has 1 aliphatic carbocycles. The highest BCUT2D eigenvalue weighted by atomic mass is 19.4. The molecule has 1 aromatic rings. The number of Topliss-reactive ketones (excluding diaryl/α,β-unsaturated/α-hetero) is 1. The summed E-state index contributed by atoms with van der Waals surface area (Å²) in [5.74, 6) is -0.188. The van der Waals surface area contributed by atoms with Gasteiger partial charge in [-0.3, -0.25) is 4.79 Å². The van der Waals surface area contributed by atoms with E-state index >= 15 is 0 Å². The van der Waals surface area contributed by atoms with Gasteiger partial charge in [0.25, 0.3) is 0 Å². The van der Waals surface area contributed by atoms with Crippen LogP contribution in [0.4, 0.5) is 13.2 Å². The molecule has 1 aromatic carbocycles. The van der Waals surface area contributed by atoms with Crippen molar-refractivity contribution in [1.29, 1.82) is 0 Å². The van der Waals surface area contributed by atoms with Crippen LogP contribution in [0.1, 0.15) is 48.5 Å². The van der Waals surface area contributed by atoms with E-state index in [0.717, 1.165) is 18.9 Å². The van der Waals surface area contributed by atoms with Crippen molar-refractivity contribution < 1.29 is 18.0 Å². The number of benzene rings is 1. The van der Waals surface area contributed by atoms with E-state index in [-0.39, 0.29) is 17.3 Å². The fourth-order valence-corrected chi connectivity index (χ4v) is 2.84. The molecular weight excluding hydrogens is 253 g/mol. The SMILES string of the molecule is CC1CCCC(C(=O)c2ccccc2C(F)(F)F)C1. The van der Waals surface area contributed by atoms with Gasteiger partial charge in [0.1, 0.15) is 0 Å². The zero-order valence-electron chi connectivity index (χ0n) is 10.8. The van der Waals surface area contributed by atoms with Crippen molar-refractivity contribution in [2.75, 3.05) is 0 Å². The van der Waals surface area contributed by atoms with Crippen molar-refractivity contribution in [2.24, 2.45) is 11.8 Å². The first kappa shape index (κ1) is 14.1. The van der Waals surface area contributed by atoms with Crippen LogP contribution >= 0.6 is 0 Å². The van der Waals surface area contributed by atoms with Crippen molar-refractivity contribution in [3.05, 3.63) is 35.4 Å². The lowest BCUT2D eigenvalue weighted by Gasteiger charge is -2.26. The second kappa shape index (κ2) is 5.35. The van der Waals surface area contributed by atoms with Gasteiger partial charge in [0, 0.05) is 11.5 Å². The summed E-state index contributed by atoms with van der Waals surface area (Å²) in [6.45, 7) is 2.05. The Morgan fingerprint density at radius 1 is 1.21 bits per heavy atom. The topological polar surface area (TPSA) is 17.1 Å². The predicted octanol–water partition coefficient (Wildman–Crippen LogP) is 4.71. The van der Waals surface area contributed by atoms with Gasteiger partial charge in [0.2, 0.25) is 0 Å². The largest absolute Gasteiger partial charge is 0.417 e. The molecule has 1 aliphatic rings. The molecule has 0 N–H and O–H groups in total. The number of hydrogen-bond donors (Lipinski definition) is 0. The summed E-state index contributed by atoms with van der Waals surface area (Å²) in [7, 11) is 0. The van der Waals surface area contributed by atoms with Crippen LogP contribution < -0.4 is 0 Å². The van der Waals surface area contributed by atoms with Gasteiger partial charge in [-0.1, -0.05) is 38.0 Å². The third-order valence-corrected chi connectivity index (χ3v) is 3.81. The zero-order valence-corrected chi connectivity index (χ0v) is 10.8. The maximum absolute atomic E-state index is 12.9. The van der Waals surface area contributed by atoms with E-state index in [1.165, 1.54) is 18.2 Å². The van der Waals surface area contributed by atoms with E-state index in [2.05, 4.69) is 6.92 Å². The molecule has 104 valence electrons. The Bertz CT molecular complexity index is 465. The van der Waals surface area contributed by atoms with E-state index in [1.54, 1.807) is 0 Å². The summed E-state index contributed by atoms with van der Waals surface area (Å²) in [6, 6.07) is 5.10. The van der Waals surface area contributed by atoms with E-state index in [4.69, 9.17) is 0 Å². The lowest BCUT2D eigenvalue weighted by molar-refractivity contribution is -0.137. The third kappa shape index (κ3) is 3.17. The molecule has 0 radical (unpaired) electrons. The Labute approximate surface area is 110 Å². The molecule has 0 bridgehead atoms. The van der Waals surface area contributed by atoms with E-state index in [1.807, 2.05) is 0 Å². The first-order valence-corrected chi connectivity index (χ1v) is 6.60. The van der Waals surface area contributed by atoms with Crippen LogP contribution in [-0.4, -0.2) is 5.78 Å². The van der Waals surface area contributed by atoms with Gasteiger partial charge < -0.3 is 0 Å². The van der Waals surface area contributed by atoms with Crippen molar-refractivity contribution in [3.8, 4) is 0 Å². The van der Waals surface area contributed by atoms with Crippen molar-refractivity contribution in [3.63, 3.8) is 0 Å². The second-order valence-electron chi connectivity index (χ2n) is 5.38. The lowest BCUT2D eigenvalue weighted by atomic mass is 9.78. The molecule has 0 aliphatic heterocycles. The average molecular weight is 270 g/mol. The van der Waals surface area contributed by atoms with E-state index in [9.17, 15) is 18.0 Å². The second-order valence-corrected chi connectivity index (χ2v) is 5.38. The van der Waals surface area contributed by atoms with Gasteiger partial charge in [0.15, 0.2) is 5.78 Å². The first-order valence-electron chi connectivity index (χ1n) is 6.60. The predicted molar refractivity (Wildman–Crippen MR) is 66.9 cm³/mol. The minimum atomic E-state index is -4.47. The average Bonchev–Trinajstić information content (AvgIpc) is 2.37. The highest BCUT2D eigenvalue weighted by molar-refractivity contribution is 5.99. The normalized spacial score (nSPS) is 24.2. The Morgan fingerprint density at radius 3 is 2.53 bits per heavy atom. The molecule has 0 saturated heterocycles. The summed E-state index contributed by atoms with van der Waals surface area (Å²) in [5.41, 5.74) is -0.979. The highest BCUT2D eigenvalue weighted by Crippen LogP contribution is 2.36. The number of halogens is 3. The third-order valence-electron chi connectivity index (χ3n) is 3.81. The minimum Gasteiger partial charge on any atom is -0.294 e. The maximum Gasteiger partial charge on any atom is 0.417 e. The summed E-state index contributed by atoms with van der Waals surface area (Å²) in [6.07, 6.45) is -1.08. The number of hydrogen-bond acceptors (Lipinski definition) is 1. The molecule has 2 rings (SSSR count). The standard InChI is InChI=1S/C15H17F3O/c1-10-5-4-6-11(9-10)14(19)12-7-2-3-8-13(12)15(16,17)18/h2-3,7-8,10-11H,4-6,9H2,1H3. The Kier molecular flexibility index (Phi) is 3.97. The maximum atomic E-state index is 12.9. The molecule has 0 amide bonds. The number of alkyl halides is 3. The van der Waals surface area contributed by atoms with Crippen LogP contribution in [0.2, 0.25) is 0 Å². The summed E-state index contributed by atoms with van der Waals surface area (Å²) in [4.78, 5) is 12.3. The van der Waals surface area contributed by atoms with E-state index < -0.39 is 11.7 Å². The fraction of sp³-hybridized carbons (Fsp3) is 0.533. The van der Waals surface area contributed by atoms with Crippen molar-refractivity contribution >= 4 is 5.78 Å². The van der Waals surface area contributed by atoms with Gasteiger partial charge in [-0.25, -0.2) is 0 Å². The smallest absolute Gasteiger partial charge is 0.294 e. The molecule has 1 saturated carbocycles. The molecule has 0 heterocycles. The van der Waals surface area contributed by atoms with Gasteiger partial charge in [-0.2, -0.15) is 13.2 Å². The Balaban J connectivity index is 2.29. The highest BCUT2D eigenvalue weighted by Gasteiger charge is 2.36. The molecular formula is C15H17F3O. The molecule has 0 aromatic heterocycles. The molecule has 2 atom stereocenters. The molecule has 2 unspecified atom stereocenters. The quantitative estimate of drug-likeness (QED) is 0.711. The molecule has 0 spiro atoms. The van der Waals surface area contributed by atoms with Crippen LogP contribution in [0.3, 0.4) is 0 Å². The number of carbonyl (C=O) groups is 1. The summed E-state index contributed by atoms with van der Waals surface area (Å²) < 4.78 is 38.7. The van der Waals surface area contributed by atoms with Crippen LogP contribution in [0.15, 0.2) is 24.3 Å². The molecule has 19 heavy (non-hydrogen) atoms. The van der Waals surface area contributed by atoms with Gasteiger partial charge in [-0.05, 0) is 24.8 Å². The fourth-order valence-electron chi connectivity index (χ4n) is 2.84. The lowest BCUT2D eigenvalue weighted by Crippen LogP contribution is -2.24.